The lowest BCUT2D eigenvalue weighted by atomic mass is 9.97. The summed E-state index contributed by atoms with van der Waals surface area (Å²) in [7, 11) is -3.07. The van der Waals surface area contributed by atoms with Crippen LogP contribution in [0.25, 0.3) is 0 Å². The first-order valence-electron chi connectivity index (χ1n) is 9.31. The highest BCUT2D eigenvalue weighted by Crippen LogP contribution is 2.58. The molecule has 0 aromatic carbocycles. The first-order valence-corrected chi connectivity index (χ1v) is 11.1. The Balaban J connectivity index is 5.04. The lowest BCUT2D eigenvalue weighted by molar-refractivity contribution is 0.375. The third-order valence-corrected chi connectivity index (χ3v) is 8.34. The van der Waals surface area contributed by atoms with Crippen LogP contribution in [0.3, 0.4) is 0 Å². The second-order valence-corrected chi connectivity index (χ2v) is 9.26. The van der Waals surface area contributed by atoms with E-state index in [1.54, 1.807) is 0 Å². The summed E-state index contributed by atoms with van der Waals surface area (Å²) in [4.78, 5) is 10.9. The Morgan fingerprint density at radius 1 is 0.810 bits per heavy atom. The van der Waals surface area contributed by atoms with Gasteiger partial charge < -0.3 is 4.89 Å². The van der Waals surface area contributed by atoms with E-state index in [0.29, 0.717) is 5.92 Å². The van der Waals surface area contributed by atoms with Crippen LogP contribution in [-0.2, 0) is 4.57 Å². The van der Waals surface area contributed by atoms with Crippen molar-refractivity contribution in [2.75, 3.05) is 0 Å². The van der Waals surface area contributed by atoms with Crippen LogP contribution >= 0.6 is 7.37 Å². The summed E-state index contributed by atoms with van der Waals surface area (Å²) in [5.74, 6) is 0.404. The quantitative estimate of drug-likeness (QED) is 0.306. The Bertz CT molecular complexity index is 287. The molecule has 0 rings (SSSR count). The monoisotopic (exact) mass is 318 g/mol. The molecule has 21 heavy (non-hydrogen) atoms. The van der Waals surface area contributed by atoms with E-state index in [1.807, 2.05) is 0 Å². The largest absolute Gasteiger partial charge is 0.344 e. The predicted octanol–water partition coefficient (Wildman–Crippen LogP) is 6.61. The van der Waals surface area contributed by atoms with Gasteiger partial charge in [-0.05, 0) is 25.2 Å². The molecule has 0 aromatic heterocycles. The molecule has 0 heterocycles. The highest BCUT2D eigenvalue weighted by molar-refractivity contribution is 7.59. The Labute approximate surface area is 133 Å². The van der Waals surface area contributed by atoms with Gasteiger partial charge in [-0.2, -0.15) is 0 Å². The SMILES string of the molecule is CCCCCC(CCCC)P(=O)(O)C(CC)C(CC)CC. The lowest BCUT2D eigenvalue weighted by Crippen LogP contribution is -2.25. The van der Waals surface area contributed by atoms with Crippen molar-refractivity contribution in [1.29, 1.82) is 0 Å². The van der Waals surface area contributed by atoms with E-state index in [9.17, 15) is 9.46 Å². The minimum Gasteiger partial charge on any atom is -0.344 e. The summed E-state index contributed by atoms with van der Waals surface area (Å²) >= 11 is 0. The van der Waals surface area contributed by atoms with E-state index in [1.165, 1.54) is 12.8 Å². The molecule has 0 aliphatic rings. The van der Waals surface area contributed by atoms with Crippen molar-refractivity contribution < 1.29 is 9.46 Å². The molecule has 0 saturated heterocycles. The van der Waals surface area contributed by atoms with Gasteiger partial charge >= 0.3 is 0 Å². The Morgan fingerprint density at radius 2 is 1.33 bits per heavy atom. The standard InChI is InChI=1S/C18H39O2P/c1-6-11-13-15-17(14-12-7-2)21(19,20)18(10-5)16(8-3)9-4/h16-18H,6-15H2,1-5H3,(H,19,20). The summed E-state index contributed by atoms with van der Waals surface area (Å²) < 4.78 is 13.3. The van der Waals surface area contributed by atoms with Gasteiger partial charge in [-0.1, -0.05) is 79.6 Å². The molecule has 1 N–H and O–H groups in total. The molecule has 3 heteroatoms. The topological polar surface area (TPSA) is 37.3 Å². The van der Waals surface area contributed by atoms with Crippen molar-refractivity contribution in [3.8, 4) is 0 Å². The van der Waals surface area contributed by atoms with Crippen LogP contribution in [0.5, 0.6) is 0 Å². The van der Waals surface area contributed by atoms with Crippen molar-refractivity contribution in [2.45, 2.75) is 110 Å². The summed E-state index contributed by atoms with van der Waals surface area (Å²) in [5, 5.41) is 0. The van der Waals surface area contributed by atoms with Gasteiger partial charge in [-0.3, -0.25) is 4.57 Å². The number of hydrogen-bond donors (Lipinski definition) is 1. The second-order valence-electron chi connectivity index (χ2n) is 6.52. The molecule has 0 spiro atoms. The van der Waals surface area contributed by atoms with Crippen LogP contribution in [0, 0.1) is 5.92 Å². The summed E-state index contributed by atoms with van der Waals surface area (Å²) in [6.45, 7) is 10.8. The second kappa shape index (κ2) is 11.7. The summed E-state index contributed by atoms with van der Waals surface area (Å²) in [5.41, 5.74) is 0.0468. The molecule has 0 aliphatic carbocycles. The zero-order valence-corrected chi connectivity index (χ0v) is 16.0. The maximum Gasteiger partial charge on any atom is 0.206 e. The van der Waals surface area contributed by atoms with Crippen LogP contribution in [0.4, 0.5) is 0 Å². The van der Waals surface area contributed by atoms with Crippen molar-refractivity contribution in [1.82, 2.24) is 0 Å². The molecular weight excluding hydrogens is 279 g/mol. The zero-order chi connectivity index (χ0) is 16.3. The van der Waals surface area contributed by atoms with Crippen molar-refractivity contribution in [3.05, 3.63) is 0 Å². The van der Waals surface area contributed by atoms with E-state index in [2.05, 4.69) is 34.6 Å². The number of hydrogen-bond acceptors (Lipinski definition) is 1. The number of rotatable bonds is 13. The minimum absolute atomic E-state index is 0.0102. The maximum atomic E-state index is 13.3. The summed E-state index contributed by atoms with van der Waals surface area (Å²) in [6, 6.07) is 0. The van der Waals surface area contributed by atoms with Gasteiger partial charge in [0.05, 0.1) is 0 Å². The molecular formula is C18H39O2P. The Kier molecular flexibility index (Phi) is 11.8. The fraction of sp³-hybridized carbons (Fsp3) is 1.00. The van der Waals surface area contributed by atoms with Crippen molar-refractivity contribution >= 4 is 7.37 Å². The van der Waals surface area contributed by atoms with E-state index in [0.717, 1.165) is 51.4 Å². The lowest BCUT2D eigenvalue weighted by Gasteiger charge is -2.34. The molecule has 0 radical (unpaired) electrons. The van der Waals surface area contributed by atoms with Crippen LogP contribution in [0.15, 0.2) is 0 Å². The molecule has 0 bridgehead atoms. The van der Waals surface area contributed by atoms with Gasteiger partial charge in [-0.25, -0.2) is 0 Å². The first kappa shape index (κ1) is 21.2. The highest BCUT2D eigenvalue weighted by atomic mass is 31.2. The smallest absolute Gasteiger partial charge is 0.206 e. The van der Waals surface area contributed by atoms with Crippen LogP contribution in [0.2, 0.25) is 0 Å². The molecule has 0 saturated carbocycles. The van der Waals surface area contributed by atoms with Gasteiger partial charge in [0.25, 0.3) is 0 Å². The van der Waals surface area contributed by atoms with Crippen molar-refractivity contribution in [3.63, 3.8) is 0 Å². The van der Waals surface area contributed by atoms with E-state index in [-0.39, 0.29) is 11.3 Å². The molecule has 0 amide bonds. The Morgan fingerprint density at radius 3 is 1.76 bits per heavy atom. The van der Waals surface area contributed by atoms with E-state index >= 15 is 0 Å². The van der Waals surface area contributed by atoms with Gasteiger partial charge in [0.2, 0.25) is 7.37 Å². The van der Waals surface area contributed by atoms with Gasteiger partial charge in [0.15, 0.2) is 0 Å². The van der Waals surface area contributed by atoms with E-state index in [4.69, 9.17) is 0 Å². The molecule has 0 aliphatic heterocycles. The summed E-state index contributed by atoms with van der Waals surface area (Å²) in [6.07, 6.45) is 10.4. The third-order valence-electron chi connectivity index (χ3n) is 5.04. The van der Waals surface area contributed by atoms with Gasteiger partial charge in [0, 0.05) is 11.3 Å². The van der Waals surface area contributed by atoms with Gasteiger partial charge in [-0.15, -0.1) is 0 Å². The fourth-order valence-corrected chi connectivity index (χ4v) is 6.78. The van der Waals surface area contributed by atoms with E-state index < -0.39 is 7.37 Å². The molecule has 0 aromatic rings. The zero-order valence-electron chi connectivity index (χ0n) is 15.1. The number of unbranched alkanes of at least 4 members (excludes halogenated alkanes) is 3. The van der Waals surface area contributed by atoms with Crippen LogP contribution < -0.4 is 0 Å². The van der Waals surface area contributed by atoms with Crippen LogP contribution in [-0.4, -0.2) is 16.2 Å². The van der Waals surface area contributed by atoms with Crippen molar-refractivity contribution in [2.24, 2.45) is 5.92 Å². The fourth-order valence-electron chi connectivity index (χ4n) is 3.58. The molecule has 3 atom stereocenters. The minimum atomic E-state index is -3.07. The van der Waals surface area contributed by atoms with Gasteiger partial charge in [0.1, 0.15) is 0 Å². The highest BCUT2D eigenvalue weighted by Gasteiger charge is 2.40. The maximum absolute atomic E-state index is 13.3. The van der Waals surface area contributed by atoms with Crippen LogP contribution in [0.1, 0.15) is 98.8 Å². The predicted molar refractivity (Wildman–Crippen MR) is 95.4 cm³/mol. The molecule has 3 unspecified atom stereocenters. The molecule has 0 fully saturated rings. The normalized spacial score (nSPS) is 17.7. The average Bonchev–Trinajstić information content (AvgIpc) is 2.47. The molecule has 2 nitrogen and oxygen atoms in total. The molecule has 128 valence electrons. The average molecular weight is 318 g/mol. The Hall–Kier alpha value is 0.190. The third kappa shape index (κ3) is 6.87. The first-order chi connectivity index (χ1) is 9.99.